The van der Waals surface area contributed by atoms with Crippen molar-refractivity contribution in [3.63, 3.8) is 0 Å². The zero-order chi connectivity index (χ0) is 10.8. The molecule has 0 amide bonds. The van der Waals surface area contributed by atoms with Gasteiger partial charge in [-0.3, -0.25) is 0 Å². The van der Waals surface area contributed by atoms with E-state index in [2.05, 4.69) is 15.3 Å². The lowest BCUT2D eigenvalue weighted by molar-refractivity contribution is 0.0689. The van der Waals surface area contributed by atoms with Crippen LogP contribution in [0.15, 0.2) is 6.07 Å². The molecule has 0 bridgehead atoms. The molecule has 80 valence electrons. The molecule has 1 saturated carbocycles. The van der Waals surface area contributed by atoms with Gasteiger partial charge in [0, 0.05) is 19.0 Å². The van der Waals surface area contributed by atoms with Crippen LogP contribution in [-0.2, 0) is 0 Å². The van der Waals surface area contributed by atoms with Gasteiger partial charge < -0.3 is 10.4 Å². The van der Waals surface area contributed by atoms with Crippen LogP contribution in [-0.4, -0.2) is 28.1 Å². The molecule has 1 aliphatic rings. The molecule has 0 spiro atoms. The number of rotatable bonds is 3. The van der Waals surface area contributed by atoms with E-state index in [-0.39, 0.29) is 5.69 Å². The number of hydrogen-bond acceptors (Lipinski definition) is 4. The number of aromatic nitrogens is 2. The zero-order valence-electron chi connectivity index (χ0n) is 8.53. The van der Waals surface area contributed by atoms with Crippen molar-refractivity contribution in [2.75, 3.05) is 12.4 Å². The van der Waals surface area contributed by atoms with Crippen molar-refractivity contribution < 1.29 is 9.90 Å². The lowest BCUT2D eigenvalue weighted by Gasteiger charge is -2.24. The van der Waals surface area contributed by atoms with Crippen molar-refractivity contribution in [2.24, 2.45) is 0 Å². The fraction of sp³-hybridized carbons (Fsp3) is 0.500. The normalized spacial score (nSPS) is 15.8. The number of anilines is 1. The van der Waals surface area contributed by atoms with Crippen LogP contribution in [0.3, 0.4) is 0 Å². The monoisotopic (exact) mass is 207 g/mol. The molecule has 0 atom stereocenters. The maximum Gasteiger partial charge on any atom is 0.354 e. The first-order chi connectivity index (χ1) is 7.20. The molecule has 0 saturated heterocycles. The maximum atomic E-state index is 10.8. The van der Waals surface area contributed by atoms with E-state index < -0.39 is 5.97 Å². The first-order valence-electron chi connectivity index (χ1n) is 5.00. The van der Waals surface area contributed by atoms with Gasteiger partial charge in [0.2, 0.25) is 0 Å². The predicted octanol–water partition coefficient (Wildman–Crippen LogP) is 1.48. The molecule has 0 unspecified atom stereocenters. The van der Waals surface area contributed by atoms with Crippen LogP contribution in [0.25, 0.3) is 0 Å². The van der Waals surface area contributed by atoms with Gasteiger partial charge in [0.25, 0.3) is 0 Å². The Morgan fingerprint density at radius 2 is 2.27 bits per heavy atom. The lowest BCUT2D eigenvalue weighted by atomic mass is 9.85. The number of hydrogen-bond donors (Lipinski definition) is 2. The molecule has 0 aromatic carbocycles. The van der Waals surface area contributed by atoms with E-state index in [9.17, 15) is 4.79 Å². The van der Waals surface area contributed by atoms with Gasteiger partial charge in [0.15, 0.2) is 5.69 Å². The highest BCUT2D eigenvalue weighted by Crippen LogP contribution is 2.34. The highest BCUT2D eigenvalue weighted by Gasteiger charge is 2.24. The van der Waals surface area contributed by atoms with Crippen LogP contribution >= 0.6 is 0 Å². The van der Waals surface area contributed by atoms with Gasteiger partial charge in [0.05, 0.1) is 0 Å². The topological polar surface area (TPSA) is 75.1 Å². The van der Waals surface area contributed by atoms with Gasteiger partial charge in [-0.1, -0.05) is 6.42 Å². The fourth-order valence-electron chi connectivity index (χ4n) is 1.55. The zero-order valence-corrected chi connectivity index (χ0v) is 8.53. The molecule has 0 radical (unpaired) electrons. The molecular formula is C10H13N3O2. The number of nitrogens with zero attached hydrogens (tertiary/aromatic N) is 2. The number of nitrogens with one attached hydrogen (secondary N) is 1. The van der Waals surface area contributed by atoms with Crippen LogP contribution in [0.4, 0.5) is 5.82 Å². The molecule has 1 heterocycles. The van der Waals surface area contributed by atoms with Crippen molar-refractivity contribution in [3.8, 4) is 0 Å². The van der Waals surface area contributed by atoms with Crippen molar-refractivity contribution in [1.29, 1.82) is 0 Å². The molecule has 1 aromatic rings. The third-order valence-electron chi connectivity index (χ3n) is 2.69. The van der Waals surface area contributed by atoms with Gasteiger partial charge in [-0.2, -0.15) is 0 Å². The minimum absolute atomic E-state index is 0.0660. The smallest absolute Gasteiger partial charge is 0.354 e. The Morgan fingerprint density at radius 1 is 1.53 bits per heavy atom. The second-order valence-electron chi connectivity index (χ2n) is 3.68. The average molecular weight is 207 g/mol. The summed E-state index contributed by atoms with van der Waals surface area (Å²) in [4.78, 5) is 19.2. The van der Waals surface area contributed by atoms with E-state index in [4.69, 9.17) is 5.11 Å². The van der Waals surface area contributed by atoms with Crippen LogP contribution < -0.4 is 5.32 Å². The summed E-state index contributed by atoms with van der Waals surface area (Å²) in [5.74, 6) is 0.570. The van der Waals surface area contributed by atoms with E-state index in [1.807, 2.05) is 0 Å². The van der Waals surface area contributed by atoms with Crippen LogP contribution in [0.5, 0.6) is 0 Å². The molecule has 15 heavy (non-hydrogen) atoms. The van der Waals surface area contributed by atoms with Crippen LogP contribution in [0.1, 0.15) is 41.5 Å². The molecular weight excluding hydrogens is 194 g/mol. The van der Waals surface area contributed by atoms with Crippen LogP contribution in [0, 0.1) is 0 Å². The number of carboxylic acids is 1. The van der Waals surface area contributed by atoms with E-state index >= 15 is 0 Å². The molecule has 2 N–H and O–H groups in total. The maximum absolute atomic E-state index is 10.8. The Balaban J connectivity index is 2.36. The molecule has 1 aromatic heterocycles. The Bertz CT molecular complexity index is 388. The Morgan fingerprint density at radius 3 is 2.73 bits per heavy atom. The summed E-state index contributed by atoms with van der Waals surface area (Å²) in [6.45, 7) is 0. The summed E-state index contributed by atoms with van der Waals surface area (Å²) < 4.78 is 0. The molecule has 1 fully saturated rings. The number of carbonyl (C=O) groups is 1. The molecule has 5 heteroatoms. The summed E-state index contributed by atoms with van der Waals surface area (Å²) in [5.41, 5.74) is 0.0660. The molecule has 1 aliphatic carbocycles. The Hall–Kier alpha value is -1.65. The summed E-state index contributed by atoms with van der Waals surface area (Å²) in [6.07, 6.45) is 3.30. The van der Waals surface area contributed by atoms with E-state index in [0.29, 0.717) is 17.6 Å². The third kappa shape index (κ3) is 1.91. The average Bonchev–Trinajstić information content (AvgIpc) is 2.14. The van der Waals surface area contributed by atoms with E-state index in [1.54, 1.807) is 7.05 Å². The van der Waals surface area contributed by atoms with Crippen molar-refractivity contribution in [1.82, 2.24) is 9.97 Å². The minimum atomic E-state index is -1.01. The lowest BCUT2D eigenvalue weighted by Crippen LogP contribution is -2.16. The van der Waals surface area contributed by atoms with Gasteiger partial charge in [-0.25, -0.2) is 14.8 Å². The van der Waals surface area contributed by atoms with Gasteiger partial charge in [-0.05, 0) is 12.8 Å². The fourth-order valence-corrected chi connectivity index (χ4v) is 1.55. The first kappa shape index (κ1) is 9.89. The van der Waals surface area contributed by atoms with E-state index in [0.717, 1.165) is 12.8 Å². The van der Waals surface area contributed by atoms with Gasteiger partial charge >= 0.3 is 5.97 Å². The first-order valence-corrected chi connectivity index (χ1v) is 5.00. The number of carboxylic acid groups (broad SMARTS) is 1. The summed E-state index contributed by atoms with van der Waals surface area (Å²) in [5, 5.41) is 11.7. The third-order valence-corrected chi connectivity index (χ3v) is 2.69. The Labute approximate surface area is 87.6 Å². The summed E-state index contributed by atoms with van der Waals surface area (Å²) >= 11 is 0. The van der Waals surface area contributed by atoms with Crippen molar-refractivity contribution in [2.45, 2.75) is 25.2 Å². The van der Waals surface area contributed by atoms with Crippen molar-refractivity contribution in [3.05, 3.63) is 17.6 Å². The summed E-state index contributed by atoms with van der Waals surface area (Å²) in [7, 11) is 1.72. The number of aromatic carboxylic acids is 1. The van der Waals surface area contributed by atoms with E-state index in [1.165, 1.54) is 12.5 Å². The molecule has 2 rings (SSSR count). The Kier molecular flexibility index (Phi) is 2.53. The highest BCUT2D eigenvalue weighted by atomic mass is 16.4. The molecule has 0 aliphatic heterocycles. The molecule has 5 nitrogen and oxygen atoms in total. The highest BCUT2D eigenvalue weighted by molar-refractivity contribution is 5.86. The van der Waals surface area contributed by atoms with Gasteiger partial charge in [-0.15, -0.1) is 0 Å². The van der Waals surface area contributed by atoms with Gasteiger partial charge in [0.1, 0.15) is 11.6 Å². The minimum Gasteiger partial charge on any atom is -0.477 e. The second-order valence-corrected chi connectivity index (χ2v) is 3.68. The quantitative estimate of drug-likeness (QED) is 0.785. The second kappa shape index (κ2) is 3.84. The largest absolute Gasteiger partial charge is 0.477 e. The standard InChI is InChI=1S/C10H13N3O2/c1-11-8-5-7(10(14)15)12-9(13-8)6-3-2-4-6/h5-6H,2-4H2,1H3,(H,14,15)(H,11,12,13). The van der Waals surface area contributed by atoms with Crippen LogP contribution in [0.2, 0.25) is 0 Å². The summed E-state index contributed by atoms with van der Waals surface area (Å²) in [6, 6.07) is 1.45. The SMILES string of the molecule is CNc1cc(C(=O)O)nc(C2CCC2)n1. The van der Waals surface area contributed by atoms with Crippen molar-refractivity contribution >= 4 is 11.8 Å². The predicted molar refractivity (Wildman–Crippen MR) is 55.1 cm³/mol.